The third-order valence-electron chi connectivity index (χ3n) is 3.70. The maximum absolute atomic E-state index is 12.1. The first kappa shape index (κ1) is 20.4. The van der Waals surface area contributed by atoms with Gasteiger partial charge in [0.05, 0.1) is 10.9 Å². The van der Waals surface area contributed by atoms with Crippen LogP contribution in [-0.2, 0) is 14.8 Å². The summed E-state index contributed by atoms with van der Waals surface area (Å²) < 4.78 is 31.5. The van der Waals surface area contributed by atoms with Crippen molar-refractivity contribution < 1.29 is 17.9 Å². The lowest BCUT2D eigenvalue weighted by atomic mass is 10.1. The zero-order valence-electron chi connectivity index (χ0n) is 14.8. The zero-order valence-corrected chi connectivity index (χ0v) is 17.2. The van der Waals surface area contributed by atoms with Gasteiger partial charge in [-0.15, -0.1) is 0 Å². The van der Waals surface area contributed by atoms with Crippen molar-refractivity contribution in [3.63, 3.8) is 0 Å². The van der Waals surface area contributed by atoms with Gasteiger partial charge < -0.3 is 10.1 Å². The minimum atomic E-state index is -3.48. The Morgan fingerprint density at radius 2 is 1.85 bits per heavy atom. The third-order valence-corrected chi connectivity index (χ3v) is 6.02. The number of carbonyl (C=O) groups excluding carboxylic acids is 1. The van der Waals surface area contributed by atoms with Crippen LogP contribution >= 0.6 is 15.9 Å². The number of halogens is 1. The van der Waals surface area contributed by atoms with E-state index >= 15 is 0 Å². The second kappa shape index (κ2) is 8.66. The molecule has 0 aliphatic heterocycles. The minimum Gasteiger partial charge on any atom is -0.484 e. The molecule has 8 heteroatoms. The van der Waals surface area contributed by atoms with Crippen LogP contribution in [0.3, 0.4) is 0 Å². The molecule has 2 rings (SSSR count). The van der Waals surface area contributed by atoms with Crippen molar-refractivity contribution in [1.82, 2.24) is 9.62 Å². The summed E-state index contributed by atoms with van der Waals surface area (Å²) in [6, 6.07) is 13.5. The maximum Gasteiger partial charge on any atom is 0.258 e. The molecule has 6 nitrogen and oxygen atoms in total. The van der Waals surface area contributed by atoms with Crippen LogP contribution in [0.4, 0.5) is 0 Å². The summed E-state index contributed by atoms with van der Waals surface area (Å²) in [5, 5.41) is 2.86. The number of nitrogens with zero attached hydrogens (tertiary/aromatic N) is 1. The highest BCUT2D eigenvalue weighted by molar-refractivity contribution is 9.10. The Hall–Kier alpha value is -1.90. The lowest BCUT2D eigenvalue weighted by Crippen LogP contribution is -2.31. The topological polar surface area (TPSA) is 75.7 Å². The number of carbonyl (C=O) groups is 1. The monoisotopic (exact) mass is 440 g/mol. The predicted octanol–water partition coefficient (Wildman–Crippen LogP) is 2.96. The molecule has 0 bridgehead atoms. The van der Waals surface area contributed by atoms with Crippen molar-refractivity contribution in [2.45, 2.75) is 17.9 Å². The van der Waals surface area contributed by atoms with E-state index in [9.17, 15) is 13.2 Å². The van der Waals surface area contributed by atoms with E-state index in [1.807, 2.05) is 31.2 Å². The quantitative estimate of drug-likeness (QED) is 0.717. The average Bonchev–Trinajstić information content (AvgIpc) is 2.60. The summed E-state index contributed by atoms with van der Waals surface area (Å²) in [5.41, 5.74) is 0.978. The fraction of sp³-hybridized carbons (Fsp3) is 0.278. The predicted molar refractivity (Wildman–Crippen MR) is 104 cm³/mol. The highest BCUT2D eigenvalue weighted by Gasteiger charge is 2.17. The maximum atomic E-state index is 12.1. The van der Waals surface area contributed by atoms with Gasteiger partial charge in [-0.05, 0) is 48.9 Å². The molecule has 0 saturated carbocycles. The van der Waals surface area contributed by atoms with E-state index in [4.69, 9.17) is 4.74 Å². The first-order valence-electron chi connectivity index (χ1n) is 7.90. The van der Waals surface area contributed by atoms with E-state index < -0.39 is 10.0 Å². The summed E-state index contributed by atoms with van der Waals surface area (Å²) in [5.74, 6) is 0.162. The van der Waals surface area contributed by atoms with E-state index in [1.165, 1.54) is 38.4 Å². The number of sulfonamides is 1. The molecule has 1 N–H and O–H groups in total. The van der Waals surface area contributed by atoms with Crippen LogP contribution in [-0.4, -0.2) is 39.3 Å². The Kier molecular flexibility index (Phi) is 6.80. The lowest BCUT2D eigenvalue weighted by Gasteiger charge is -2.15. The summed E-state index contributed by atoms with van der Waals surface area (Å²) >= 11 is 3.40. The normalized spacial score (nSPS) is 12.7. The van der Waals surface area contributed by atoms with E-state index in [0.29, 0.717) is 5.75 Å². The van der Waals surface area contributed by atoms with Crippen molar-refractivity contribution in [1.29, 1.82) is 0 Å². The van der Waals surface area contributed by atoms with Gasteiger partial charge in [0.2, 0.25) is 10.0 Å². The molecule has 1 amide bonds. The fourth-order valence-corrected chi connectivity index (χ4v) is 3.53. The van der Waals surface area contributed by atoms with Gasteiger partial charge in [0.1, 0.15) is 5.75 Å². The molecule has 0 spiro atoms. The lowest BCUT2D eigenvalue weighted by molar-refractivity contribution is -0.123. The van der Waals surface area contributed by atoms with E-state index in [0.717, 1.165) is 14.3 Å². The van der Waals surface area contributed by atoms with Crippen LogP contribution < -0.4 is 10.1 Å². The molecule has 2 aromatic carbocycles. The SMILES string of the molecule is C[C@@H](NC(=O)COc1ccc(S(=O)(=O)N(C)C)cc1)c1cccc(Br)c1. The molecular weight excluding hydrogens is 420 g/mol. The molecule has 0 aliphatic rings. The Labute approximate surface area is 162 Å². The molecule has 1 atom stereocenters. The highest BCUT2D eigenvalue weighted by atomic mass is 79.9. The molecule has 0 unspecified atom stereocenters. The van der Waals surface area contributed by atoms with Crippen LogP contribution in [0.25, 0.3) is 0 Å². The number of hydrogen-bond acceptors (Lipinski definition) is 4. The van der Waals surface area contributed by atoms with Crippen molar-refractivity contribution >= 4 is 31.9 Å². The summed E-state index contributed by atoms with van der Waals surface area (Å²) in [6.07, 6.45) is 0. The number of benzene rings is 2. The largest absolute Gasteiger partial charge is 0.484 e. The molecule has 0 radical (unpaired) electrons. The Morgan fingerprint density at radius 1 is 1.19 bits per heavy atom. The summed E-state index contributed by atoms with van der Waals surface area (Å²) in [7, 11) is -0.543. The Balaban J connectivity index is 1.91. The van der Waals surface area contributed by atoms with Crippen LogP contribution in [0.15, 0.2) is 57.9 Å². The van der Waals surface area contributed by atoms with Gasteiger partial charge in [0.25, 0.3) is 5.91 Å². The number of nitrogens with one attached hydrogen (secondary N) is 1. The van der Waals surface area contributed by atoms with Gasteiger partial charge in [-0.1, -0.05) is 28.1 Å². The van der Waals surface area contributed by atoms with Gasteiger partial charge in [-0.2, -0.15) is 0 Å². The van der Waals surface area contributed by atoms with E-state index in [1.54, 1.807) is 0 Å². The van der Waals surface area contributed by atoms with Crippen LogP contribution in [0.5, 0.6) is 5.75 Å². The van der Waals surface area contributed by atoms with Crippen LogP contribution in [0.1, 0.15) is 18.5 Å². The molecule has 0 fully saturated rings. The van der Waals surface area contributed by atoms with Crippen molar-refractivity contribution in [2.75, 3.05) is 20.7 Å². The number of rotatable bonds is 7. The van der Waals surface area contributed by atoms with E-state index in [2.05, 4.69) is 21.2 Å². The second-order valence-electron chi connectivity index (χ2n) is 5.89. The average molecular weight is 441 g/mol. The number of hydrogen-bond donors (Lipinski definition) is 1. The van der Waals surface area contributed by atoms with Gasteiger partial charge in [0.15, 0.2) is 6.61 Å². The smallest absolute Gasteiger partial charge is 0.258 e. The van der Waals surface area contributed by atoms with Gasteiger partial charge >= 0.3 is 0 Å². The fourth-order valence-electron chi connectivity index (χ4n) is 2.21. The first-order valence-corrected chi connectivity index (χ1v) is 10.1. The van der Waals surface area contributed by atoms with Crippen molar-refractivity contribution in [3.05, 3.63) is 58.6 Å². The molecule has 0 heterocycles. The molecule has 2 aromatic rings. The van der Waals surface area contributed by atoms with Crippen LogP contribution in [0.2, 0.25) is 0 Å². The van der Waals surface area contributed by atoms with Crippen LogP contribution in [0, 0.1) is 0 Å². The Morgan fingerprint density at radius 3 is 2.42 bits per heavy atom. The third kappa shape index (κ3) is 5.30. The molecule has 0 aromatic heterocycles. The van der Waals surface area contributed by atoms with Crippen molar-refractivity contribution in [3.8, 4) is 5.75 Å². The summed E-state index contributed by atoms with van der Waals surface area (Å²) in [6.45, 7) is 1.73. The molecule has 0 saturated heterocycles. The van der Waals surface area contributed by atoms with Gasteiger partial charge in [-0.25, -0.2) is 12.7 Å². The van der Waals surface area contributed by atoms with Gasteiger partial charge in [0, 0.05) is 18.6 Å². The molecule has 26 heavy (non-hydrogen) atoms. The highest BCUT2D eigenvalue weighted by Crippen LogP contribution is 2.19. The summed E-state index contributed by atoms with van der Waals surface area (Å²) in [4.78, 5) is 12.2. The van der Waals surface area contributed by atoms with Crippen molar-refractivity contribution in [2.24, 2.45) is 0 Å². The second-order valence-corrected chi connectivity index (χ2v) is 8.96. The Bertz CT molecular complexity index is 867. The van der Waals surface area contributed by atoms with E-state index in [-0.39, 0.29) is 23.5 Å². The standard InChI is InChI=1S/C18H21BrN2O4S/c1-13(14-5-4-6-15(19)11-14)20-18(22)12-25-16-7-9-17(10-8-16)26(23,24)21(2)3/h4-11,13H,12H2,1-3H3,(H,20,22)/t13-/m1/s1. The first-order chi connectivity index (χ1) is 12.2. The molecule has 0 aliphatic carbocycles. The molecular formula is C18H21BrN2O4S. The van der Waals surface area contributed by atoms with Gasteiger partial charge in [-0.3, -0.25) is 4.79 Å². The molecule has 140 valence electrons. The minimum absolute atomic E-state index is 0.155. The zero-order chi connectivity index (χ0) is 19.3. The number of ether oxygens (including phenoxy) is 1. The number of amides is 1.